The van der Waals surface area contributed by atoms with E-state index < -0.39 is 0 Å². The molecule has 1 aliphatic heterocycles. The SMILES string of the molecule is COC(=O)c1ncn(C2=CC=CC(N3CCC4CC4CC3)C2)c1C1C=CC=CC1. The molecule has 4 aliphatic rings. The van der Waals surface area contributed by atoms with Crippen LogP contribution in [-0.2, 0) is 4.74 Å². The molecule has 152 valence electrons. The highest BCUT2D eigenvalue weighted by molar-refractivity contribution is 5.89. The third-order valence-electron chi connectivity index (χ3n) is 6.98. The molecule has 0 radical (unpaired) electrons. The zero-order valence-electron chi connectivity index (χ0n) is 17.0. The number of ether oxygens (including phenoxy) is 1. The number of fused-ring (bicyclic) bond motifs is 1. The first-order chi connectivity index (χ1) is 14.2. The lowest BCUT2D eigenvalue weighted by atomic mass is 9.94. The lowest BCUT2D eigenvalue weighted by molar-refractivity contribution is 0.0593. The Morgan fingerprint density at radius 3 is 2.69 bits per heavy atom. The van der Waals surface area contributed by atoms with Crippen LogP contribution in [0, 0.1) is 11.8 Å². The normalized spacial score (nSPS) is 31.1. The number of allylic oxidation sites excluding steroid dienone is 6. The van der Waals surface area contributed by atoms with Crippen molar-refractivity contribution in [3.8, 4) is 0 Å². The Balaban J connectivity index is 1.41. The van der Waals surface area contributed by atoms with E-state index in [0.29, 0.717) is 11.7 Å². The minimum Gasteiger partial charge on any atom is -0.464 e. The second-order valence-electron chi connectivity index (χ2n) is 8.68. The average Bonchev–Trinajstić information content (AvgIpc) is 3.42. The average molecular weight is 392 g/mol. The molecule has 1 aromatic rings. The monoisotopic (exact) mass is 391 g/mol. The third kappa shape index (κ3) is 3.64. The summed E-state index contributed by atoms with van der Waals surface area (Å²) in [6.45, 7) is 2.40. The van der Waals surface area contributed by atoms with Crippen molar-refractivity contribution in [2.24, 2.45) is 11.8 Å². The van der Waals surface area contributed by atoms with Crippen molar-refractivity contribution in [3.05, 3.63) is 60.2 Å². The highest BCUT2D eigenvalue weighted by Gasteiger charge is 2.39. The first-order valence-electron chi connectivity index (χ1n) is 10.8. The number of carbonyl (C=O) groups excluding carboxylic acids is 1. The molecule has 2 fully saturated rings. The van der Waals surface area contributed by atoms with E-state index in [9.17, 15) is 4.79 Å². The Bertz CT molecular complexity index is 895. The Hall–Kier alpha value is -2.40. The topological polar surface area (TPSA) is 47.4 Å². The molecule has 4 unspecified atom stereocenters. The van der Waals surface area contributed by atoms with Gasteiger partial charge in [-0.2, -0.15) is 0 Å². The quantitative estimate of drug-likeness (QED) is 0.723. The van der Waals surface area contributed by atoms with Crippen molar-refractivity contribution in [2.75, 3.05) is 20.2 Å². The van der Waals surface area contributed by atoms with Crippen LogP contribution < -0.4 is 0 Å². The first-order valence-corrected chi connectivity index (χ1v) is 10.8. The van der Waals surface area contributed by atoms with Crippen LogP contribution in [0.3, 0.4) is 0 Å². The molecule has 0 N–H and O–H groups in total. The van der Waals surface area contributed by atoms with Crippen LogP contribution in [0.5, 0.6) is 0 Å². The van der Waals surface area contributed by atoms with Gasteiger partial charge in [0.1, 0.15) is 6.33 Å². The highest BCUT2D eigenvalue weighted by atomic mass is 16.5. The van der Waals surface area contributed by atoms with E-state index in [4.69, 9.17) is 4.74 Å². The Morgan fingerprint density at radius 2 is 1.97 bits per heavy atom. The van der Waals surface area contributed by atoms with Gasteiger partial charge in [0.05, 0.1) is 12.8 Å². The standard InChI is InChI=1S/C24H29N3O2/c1-29-24(28)22-23(17-6-3-2-4-7-17)27(16-25-22)21-9-5-8-20(15-21)26-12-10-18-14-19(18)11-13-26/h2-6,8-9,16-20H,7,10-15H2,1H3. The molecule has 1 aromatic heterocycles. The van der Waals surface area contributed by atoms with Crippen molar-refractivity contribution < 1.29 is 9.53 Å². The lowest BCUT2D eigenvalue weighted by Crippen LogP contribution is -2.36. The maximum Gasteiger partial charge on any atom is 0.358 e. The minimum absolute atomic E-state index is 0.132. The van der Waals surface area contributed by atoms with Gasteiger partial charge in [-0.15, -0.1) is 0 Å². The Labute approximate surface area is 172 Å². The molecule has 5 heteroatoms. The lowest BCUT2D eigenvalue weighted by Gasteiger charge is -2.32. The number of likely N-dealkylation sites (tertiary alicyclic amines) is 1. The number of rotatable bonds is 4. The largest absolute Gasteiger partial charge is 0.464 e. The van der Waals surface area contributed by atoms with Crippen molar-refractivity contribution in [2.45, 2.75) is 44.1 Å². The third-order valence-corrected chi connectivity index (χ3v) is 6.98. The molecule has 5 rings (SSSR count). The van der Waals surface area contributed by atoms with Crippen LogP contribution in [0.1, 0.15) is 54.2 Å². The van der Waals surface area contributed by atoms with E-state index in [-0.39, 0.29) is 11.9 Å². The van der Waals surface area contributed by atoms with Crippen molar-refractivity contribution >= 4 is 11.7 Å². The molecule has 2 heterocycles. The van der Waals surface area contributed by atoms with Gasteiger partial charge < -0.3 is 9.30 Å². The van der Waals surface area contributed by atoms with E-state index in [1.807, 2.05) is 6.08 Å². The summed E-state index contributed by atoms with van der Waals surface area (Å²) >= 11 is 0. The molecule has 1 saturated heterocycles. The van der Waals surface area contributed by atoms with Gasteiger partial charge in [0.2, 0.25) is 0 Å². The number of aromatic nitrogens is 2. The molecule has 0 bridgehead atoms. The molecule has 5 nitrogen and oxygen atoms in total. The van der Waals surface area contributed by atoms with E-state index >= 15 is 0 Å². The molecule has 4 atom stereocenters. The van der Waals surface area contributed by atoms with Gasteiger partial charge in [0, 0.05) is 24.1 Å². The summed E-state index contributed by atoms with van der Waals surface area (Å²) in [7, 11) is 1.42. The summed E-state index contributed by atoms with van der Waals surface area (Å²) in [6, 6.07) is 0.422. The number of imidazole rings is 1. The molecule has 0 aromatic carbocycles. The zero-order valence-corrected chi connectivity index (χ0v) is 17.0. The van der Waals surface area contributed by atoms with E-state index in [0.717, 1.165) is 30.4 Å². The number of esters is 1. The van der Waals surface area contributed by atoms with Gasteiger partial charge in [0.25, 0.3) is 0 Å². The van der Waals surface area contributed by atoms with Crippen molar-refractivity contribution in [1.29, 1.82) is 0 Å². The second kappa shape index (κ2) is 7.79. The number of hydrogen-bond donors (Lipinski definition) is 0. The van der Waals surface area contributed by atoms with Crippen LogP contribution in [0.2, 0.25) is 0 Å². The van der Waals surface area contributed by atoms with E-state index in [2.05, 4.69) is 50.9 Å². The fourth-order valence-electron chi connectivity index (χ4n) is 5.18. The Kier molecular flexibility index (Phi) is 5.00. The van der Waals surface area contributed by atoms with Crippen LogP contribution in [0.4, 0.5) is 0 Å². The summed E-state index contributed by atoms with van der Waals surface area (Å²) in [5.41, 5.74) is 2.57. The first kappa shape index (κ1) is 18.6. The summed E-state index contributed by atoms with van der Waals surface area (Å²) < 4.78 is 7.15. The van der Waals surface area contributed by atoms with Gasteiger partial charge in [-0.3, -0.25) is 4.90 Å². The minimum atomic E-state index is -0.364. The molecular weight excluding hydrogens is 362 g/mol. The molecular formula is C24H29N3O2. The highest BCUT2D eigenvalue weighted by Crippen LogP contribution is 2.46. The summed E-state index contributed by atoms with van der Waals surface area (Å²) in [4.78, 5) is 19.5. The van der Waals surface area contributed by atoms with Gasteiger partial charge in [0.15, 0.2) is 5.69 Å². The smallest absolute Gasteiger partial charge is 0.358 e. The summed E-state index contributed by atoms with van der Waals surface area (Å²) in [5, 5.41) is 0. The molecule has 1 saturated carbocycles. The maximum absolute atomic E-state index is 12.4. The van der Waals surface area contributed by atoms with Gasteiger partial charge in [-0.25, -0.2) is 9.78 Å². The van der Waals surface area contributed by atoms with Crippen molar-refractivity contribution in [1.82, 2.24) is 14.5 Å². The molecule has 0 spiro atoms. The molecule has 0 amide bonds. The van der Waals surface area contributed by atoms with Crippen molar-refractivity contribution in [3.63, 3.8) is 0 Å². The van der Waals surface area contributed by atoms with Crippen LogP contribution in [0.25, 0.3) is 5.70 Å². The van der Waals surface area contributed by atoms with Crippen LogP contribution >= 0.6 is 0 Å². The van der Waals surface area contributed by atoms with Crippen LogP contribution in [-0.4, -0.2) is 46.7 Å². The number of nitrogens with zero attached hydrogens (tertiary/aromatic N) is 3. The number of hydrogen-bond acceptors (Lipinski definition) is 4. The van der Waals surface area contributed by atoms with Gasteiger partial charge >= 0.3 is 5.97 Å². The zero-order chi connectivity index (χ0) is 19.8. The fourth-order valence-corrected chi connectivity index (χ4v) is 5.18. The van der Waals surface area contributed by atoms with E-state index in [1.54, 1.807) is 6.33 Å². The Morgan fingerprint density at radius 1 is 1.14 bits per heavy atom. The molecule has 3 aliphatic carbocycles. The predicted octanol–water partition coefficient (Wildman–Crippen LogP) is 4.17. The van der Waals surface area contributed by atoms with Crippen LogP contribution in [0.15, 0.2) is 48.9 Å². The number of carbonyl (C=O) groups is 1. The predicted molar refractivity (Wildman–Crippen MR) is 113 cm³/mol. The maximum atomic E-state index is 12.4. The van der Waals surface area contributed by atoms with E-state index in [1.165, 1.54) is 45.2 Å². The fraction of sp³-hybridized carbons (Fsp3) is 0.500. The number of methoxy groups -OCH3 is 1. The second-order valence-corrected chi connectivity index (χ2v) is 8.68. The van der Waals surface area contributed by atoms with Gasteiger partial charge in [-0.05, 0) is 56.7 Å². The summed E-state index contributed by atoms with van der Waals surface area (Å²) in [6.07, 6.45) is 22.8. The summed E-state index contributed by atoms with van der Waals surface area (Å²) in [5.74, 6) is 1.73. The van der Waals surface area contributed by atoms with Gasteiger partial charge in [-0.1, -0.05) is 36.5 Å². The molecule has 29 heavy (non-hydrogen) atoms.